The Kier molecular flexibility index (Phi) is 10.6. The molecule has 0 amide bonds. The van der Waals surface area contributed by atoms with E-state index in [0.29, 0.717) is 0 Å². The number of hydrogen-bond acceptors (Lipinski definition) is 0. The van der Waals surface area contributed by atoms with Gasteiger partial charge in [-0.25, -0.2) is 12.1 Å². The third-order valence-electron chi connectivity index (χ3n) is 7.26. The first kappa shape index (κ1) is 32.3. The van der Waals surface area contributed by atoms with E-state index in [4.69, 9.17) is 23.2 Å². The van der Waals surface area contributed by atoms with E-state index >= 15 is 0 Å². The molecule has 0 nitrogen and oxygen atoms in total. The summed E-state index contributed by atoms with van der Waals surface area (Å²) in [6.45, 7) is 13.6. The Labute approximate surface area is 276 Å². The van der Waals surface area contributed by atoms with Crippen molar-refractivity contribution in [3.05, 3.63) is 154 Å². The summed E-state index contributed by atoms with van der Waals surface area (Å²) in [5.74, 6) is 0. The van der Waals surface area contributed by atoms with Crippen LogP contribution in [0.25, 0.3) is 21.5 Å². The van der Waals surface area contributed by atoms with Crippen LogP contribution < -0.4 is 0 Å². The van der Waals surface area contributed by atoms with E-state index in [2.05, 4.69) is 84.0 Å². The number of rotatable bonds is 2. The molecular weight excluding hydrogens is 631 g/mol. The molecule has 0 saturated carbocycles. The Balaban J connectivity index is 0.000000170. The summed E-state index contributed by atoms with van der Waals surface area (Å²) in [6.07, 6.45) is 0. The first-order chi connectivity index (χ1) is 19.8. The summed E-state index contributed by atoms with van der Waals surface area (Å²) in [6, 6.07) is 42.0. The second-order valence-electron chi connectivity index (χ2n) is 12.6. The van der Waals surface area contributed by atoms with Crippen molar-refractivity contribution in [2.24, 2.45) is 0 Å². The van der Waals surface area contributed by atoms with Gasteiger partial charge in [0.1, 0.15) is 0 Å². The van der Waals surface area contributed by atoms with Crippen molar-refractivity contribution in [3.8, 4) is 0 Å². The van der Waals surface area contributed by atoms with Gasteiger partial charge in [-0.3, -0.25) is 0 Å². The van der Waals surface area contributed by atoms with Gasteiger partial charge >= 0.3 is 120 Å². The number of hydrogen-bond donors (Lipinski definition) is 0. The SMILES string of the molecule is CC(C)(C)c1ccc2c(c1)[cH-]c1cc(C(C)(C)C)ccc12.Clc1ccc([C](=[Zr+2])c2ccc(Cl)cc2)cc1.c1cc[cH-]c1. The van der Waals surface area contributed by atoms with Crippen molar-refractivity contribution >= 4 is 48.0 Å². The van der Waals surface area contributed by atoms with Gasteiger partial charge in [-0.1, -0.05) is 76.9 Å². The largest absolute Gasteiger partial charge is 0.214 e. The molecule has 0 fully saturated rings. The summed E-state index contributed by atoms with van der Waals surface area (Å²) in [7, 11) is 0. The third kappa shape index (κ3) is 8.51. The van der Waals surface area contributed by atoms with Crippen LogP contribution in [0.1, 0.15) is 63.8 Å². The van der Waals surface area contributed by atoms with Gasteiger partial charge in [0.25, 0.3) is 0 Å². The van der Waals surface area contributed by atoms with Crippen molar-refractivity contribution in [3.63, 3.8) is 0 Å². The van der Waals surface area contributed by atoms with Crippen LogP contribution in [0.5, 0.6) is 0 Å². The van der Waals surface area contributed by atoms with Gasteiger partial charge in [0.2, 0.25) is 0 Å². The van der Waals surface area contributed by atoms with Gasteiger partial charge in [0.15, 0.2) is 0 Å². The summed E-state index contributed by atoms with van der Waals surface area (Å²) < 4.78 is 1.31. The van der Waals surface area contributed by atoms with E-state index in [1.165, 1.54) is 71.2 Å². The first-order valence-corrected chi connectivity index (χ1v) is 16.2. The van der Waals surface area contributed by atoms with Crippen molar-refractivity contribution < 1.29 is 24.2 Å². The molecule has 0 aromatic heterocycles. The Morgan fingerprint density at radius 3 is 1.26 bits per heavy atom. The van der Waals surface area contributed by atoms with Crippen LogP contribution in [-0.4, -0.2) is 3.21 Å². The number of benzene rings is 4. The van der Waals surface area contributed by atoms with Crippen LogP contribution in [0.15, 0.2) is 121 Å². The Hall–Kier alpha value is -2.57. The maximum atomic E-state index is 5.86. The molecule has 212 valence electrons. The van der Waals surface area contributed by atoms with Crippen LogP contribution in [0.2, 0.25) is 10.0 Å². The average Bonchev–Trinajstić information content (AvgIpc) is 3.64. The van der Waals surface area contributed by atoms with Gasteiger partial charge in [-0.2, -0.15) is 18.2 Å². The fraction of sp³-hybridized carbons (Fsp3) is 0.205. The quantitative estimate of drug-likeness (QED) is 0.161. The van der Waals surface area contributed by atoms with Crippen LogP contribution in [-0.2, 0) is 35.1 Å². The van der Waals surface area contributed by atoms with E-state index in [0.717, 1.165) is 10.0 Å². The van der Waals surface area contributed by atoms with Crippen LogP contribution >= 0.6 is 23.2 Å². The van der Waals surface area contributed by atoms with Gasteiger partial charge in [-0.15, -0.1) is 39.7 Å². The second-order valence-corrected chi connectivity index (χ2v) is 14.7. The molecule has 0 aliphatic rings. The molecule has 6 aromatic rings. The third-order valence-corrected chi connectivity index (χ3v) is 9.18. The smallest absolute Gasteiger partial charge is 0.172 e. The van der Waals surface area contributed by atoms with Crippen molar-refractivity contribution in [2.45, 2.75) is 52.4 Å². The van der Waals surface area contributed by atoms with E-state index in [-0.39, 0.29) is 10.8 Å². The van der Waals surface area contributed by atoms with E-state index in [9.17, 15) is 0 Å². The molecule has 0 bridgehead atoms. The summed E-state index contributed by atoms with van der Waals surface area (Å²) >= 11 is 13.1. The minimum Gasteiger partial charge on any atom is -0.214 e. The fourth-order valence-corrected chi connectivity index (χ4v) is 5.75. The minimum atomic E-state index is 0.203. The molecule has 42 heavy (non-hydrogen) atoms. The van der Waals surface area contributed by atoms with E-state index < -0.39 is 0 Å². The van der Waals surface area contributed by atoms with Crippen molar-refractivity contribution in [2.75, 3.05) is 0 Å². The van der Waals surface area contributed by atoms with Crippen LogP contribution in [0, 0.1) is 0 Å². The molecule has 0 spiro atoms. The maximum absolute atomic E-state index is 5.86. The molecule has 3 heteroatoms. The van der Waals surface area contributed by atoms with E-state index in [1.54, 1.807) is 0 Å². The molecule has 0 aliphatic carbocycles. The monoisotopic (exact) mass is 666 g/mol. The molecule has 0 aliphatic heterocycles. The van der Waals surface area contributed by atoms with Crippen LogP contribution in [0.3, 0.4) is 0 Å². The topological polar surface area (TPSA) is 0 Å². The Morgan fingerprint density at radius 1 is 0.571 bits per heavy atom. The van der Waals surface area contributed by atoms with E-state index in [1.807, 2.05) is 78.9 Å². The molecule has 0 radical (unpaired) electrons. The summed E-state index contributed by atoms with van der Waals surface area (Å²) in [5, 5.41) is 7.01. The molecule has 0 saturated heterocycles. The molecule has 0 heterocycles. The predicted molar refractivity (Wildman–Crippen MR) is 183 cm³/mol. The zero-order valence-electron chi connectivity index (χ0n) is 25.3. The van der Waals surface area contributed by atoms with Crippen molar-refractivity contribution in [1.82, 2.24) is 0 Å². The average molecular weight is 669 g/mol. The van der Waals surface area contributed by atoms with Gasteiger partial charge < -0.3 is 0 Å². The van der Waals surface area contributed by atoms with Gasteiger partial charge in [0, 0.05) is 0 Å². The first-order valence-electron chi connectivity index (χ1n) is 14.2. The molecule has 0 unspecified atom stereocenters. The summed E-state index contributed by atoms with van der Waals surface area (Å²) in [5.41, 5.74) is 5.64. The Bertz CT molecular complexity index is 1610. The Morgan fingerprint density at radius 2 is 0.952 bits per heavy atom. The van der Waals surface area contributed by atoms with Gasteiger partial charge in [-0.05, 0) is 10.8 Å². The van der Waals surface area contributed by atoms with Crippen molar-refractivity contribution in [1.29, 1.82) is 0 Å². The maximum Gasteiger partial charge on any atom is -0.172 e. The molecular formula is C39H38Cl2Zr. The molecule has 0 N–H and O–H groups in total. The fourth-order valence-electron chi connectivity index (χ4n) is 4.68. The number of halogens is 2. The zero-order chi connectivity index (χ0) is 30.5. The molecule has 6 rings (SSSR count). The van der Waals surface area contributed by atoms with Crippen LogP contribution in [0.4, 0.5) is 0 Å². The van der Waals surface area contributed by atoms with Gasteiger partial charge in [0.05, 0.1) is 0 Å². The standard InChI is InChI=1S/C21H25.C13H8Cl2.C5H5.Zr/c1-20(2,3)16-7-9-18-14(12-16)11-15-13-17(21(4,5)6)8-10-19(15)18;14-12-5-1-10(2-6-12)9-11-3-7-13(15)8-4-11;1-2-4-5-3-1;/h7-13H,1-6H3;1-8H;1-5H;/q-1;;-1;+2. The normalized spacial score (nSPS) is 11.5. The zero-order valence-corrected chi connectivity index (χ0v) is 29.3. The number of fused-ring (bicyclic) bond motifs is 3. The molecule has 6 aromatic carbocycles. The summed E-state index contributed by atoms with van der Waals surface area (Å²) in [4.78, 5) is 0. The predicted octanol–water partition coefficient (Wildman–Crippen LogP) is 11.8. The molecule has 0 atom stereocenters. The minimum absolute atomic E-state index is 0.203. The second kappa shape index (κ2) is 13.8.